The molecule has 0 amide bonds. The van der Waals surface area contributed by atoms with Crippen LogP contribution in [0.15, 0.2) is 24.3 Å². The Morgan fingerprint density at radius 1 is 0.810 bits per heavy atom. The third kappa shape index (κ3) is 18.1. The van der Waals surface area contributed by atoms with Crippen LogP contribution < -0.4 is 0 Å². The number of allylic oxidation sites excluding steroid dienone is 4. The molecule has 0 aliphatic heterocycles. The van der Waals surface area contributed by atoms with E-state index < -0.39 is 0 Å². The second-order valence-corrected chi connectivity index (χ2v) is 7.89. The molecule has 0 N–H and O–H groups in total. The largest absolute Gasteiger partial charge is 0.165 e. The predicted molar refractivity (Wildman–Crippen MR) is 106 cm³/mol. The van der Waals surface area contributed by atoms with E-state index in [1.54, 1.807) is 0 Å². The third-order valence-corrected chi connectivity index (χ3v) is 5.22. The second kappa shape index (κ2) is 18.2. The van der Waals surface area contributed by atoms with Gasteiger partial charge >= 0.3 is 0 Å². The fourth-order valence-electron chi connectivity index (χ4n) is 2.13. The molecule has 21 heavy (non-hydrogen) atoms. The highest BCUT2D eigenvalue weighted by Gasteiger charge is 2.00. The van der Waals surface area contributed by atoms with Gasteiger partial charge in [-0.2, -0.15) is 12.6 Å². The zero-order valence-electron chi connectivity index (χ0n) is 14.2. The minimum Gasteiger partial charge on any atom is -0.165 e. The van der Waals surface area contributed by atoms with Crippen LogP contribution in [0.25, 0.3) is 0 Å². The molecule has 0 aliphatic carbocycles. The van der Waals surface area contributed by atoms with Crippen LogP contribution in [0.5, 0.6) is 0 Å². The molecule has 1 atom stereocenters. The molecule has 0 heterocycles. The predicted octanol–water partition coefficient (Wildman–Crippen LogP) is 7.42. The Hall–Kier alpha value is 0.180. The molecule has 1 unspecified atom stereocenters. The maximum Gasteiger partial charge on any atom is 0.0506 e. The van der Waals surface area contributed by atoms with Crippen LogP contribution in [0, 0.1) is 0 Å². The van der Waals surface area contributed by atoms with E-state index in [-0.39, 0.29) is 0 Å². The monoisotopic (exact) mass is 328 g/mol. The smallest absolute Gasteiger partial charge is 0.0506 e. The Bertz CT molecular complexity index is 246. The van der Waals surface area contributed by atoms with Crippen LogP contribution in [0.1, 0.15) is 84.5 Å². The number of hydrogen-bond donors (Lipinski definition) is 1. The van der Waals surface area contributed by atoms with Gasteiger partial charge in [-0.05, 0) is 50.7 Å². The van der Waals surface area contributed by atoms with Crippen molar-refractivity contribution in [3.8, 4) is 0 Å². The molecule has 0 aromatic heterocycles. The maximum atomic E-state index is 4.66. The lowest BCUT2D eigenvalue weighted by molar-refractivity contribution is 0.677. The van der Waals surface area contributed by atoms with Crippen LogP contribution in [0.4, 0.5) is 0 Å². The van der Waals surface area contributed by atoms with Crippen molar-refractivity contribution in [2.45, 2.75) is 89.1 Å². The lowest BCUT2D eigenvalue weighted by atomic mass is 10.1. The molecule has 0 saturated heterocycles. The fourth-order valence-corrected chi connectivity index (χ4v) is 3.46. The van der Waals surface area contributed by atoms with Crippen molar-refractivity contribution in [3.05, 3.63) is 24.3 Å². The summed E-state index contributed by atoms with van der Waals surface area (Å²) in [4.78, 5) is 0. The zero-order chi connectivity index (χ0) is 15.6. The summed E-state index contributed by atoms with van der Waals surface area (Å²) in [5.41, 5.74) is 0. The average molecular weight is 329 g/mol. The standard InChI is InChI=1S/C19H36S2/c1-3-5-7-9-11-12-14-16-18-21-19(20)17-15-13-10-8-6-4-2/h5,7,13,15,19-20H,3-4,6,8-12,14,16-18H2,1-2H3/b7-5?,15-13-. The Morgan fingerprint density at radius 3 is 2.19 bits per heavy atom. The zero-order valence-corrected chi connectivity index (χ0v) is 15.9. The summed E-state index contributed by atoms with van der Waals surface area (Å²) < 4.78 is 0.486. The van der Waals surface area contributed by atoms with Crippen molar-refractivity contribution in [2.75, 3.05) is 5.75 Å². The first kappa shape index (κ1) is 21.2. The van der Waals surface area contributed by atoms with Crippen molar-refractivity contribution in [1.29, 1.82) is 0 Å². The van der Waals surface area contributed by atoms with Crippen LogP contribution >= 0.6 is 24.4 Å². The number of thioether (sulfide) groups is 1. The van der Waals surface area contributed by atoms with Crippen LogP contribution in [-0.4, -0.2) is 10.3 Å². The quantitative estimate of drug-likeness (QED) is 0.141. The van der Waals surface area contributed by atoms with E-state index in [1.807, 2.05) is 11.8 Å². The van der Waals surface area contributed by atoms with E-state index in [9.17, 15) is 0 Å². The summed E-state index contributed by atoms with van der Waals surface area (Å²) in [5, 5.41) is 0. The fraction of sp³-hybridized carbons (Fsp3) is 0.789. The SMILES string of the molecule is CCC=CCCCCCCSC(S)C/C=C\CCCCC. The first-order valence-corrected chi connectivity index (χ1v) is 10.5. The topological polar surface area (TPSA) is 0 Å². The molecule has 0 rings (SSSR count). The van der Waals surface area contributed by atoms with E-state index in [0.717, 1.165) is 6.42 Å². The molecule has 0 bridgehead atoms. The Labute approximate surface area is 143 Å². The van der Waals surface area contributed by atoms with Crippen LogP contribution in [0.2, 0.25) is 0 Å². The van der Waals surface area contributed by atoms with Gasteiger partial charge in [0.05, 0.1) is 4.58 Å². The van der Waals surface area contributed by atoms with E-state index in [2.05, 4.69) is 50.8 Å². The van der Waals surface area contributed by atoms with Gasteiger partial charge in [-0.25, -0.2) is 0 Å². The van der Waals surface area contributed by atoms with Gasteiger partial charge in [0.2, 0.25) is 0 Å². The first-order chi connectivity index (χ1) is 10.3. The van der Waals surface area contributed by atoms with Crippen molar-refractivity contribution in [1.82, 2.24) is 0 Å². The summed E-state index contributed by atoms with van der Waals surface area (Å²) in [6, 6.07) is 0. The summed E-state index contributed by atoms with van der Waals surface area (Å²) in [5.74, 6) is 1.27. The van der Waals surface area contributed by atoms with Crippen LogP contribution in [0.3, 0.4) is 0 Å². The normalized spacial score (nSPS) is 13.5. The molecule has 0 aliphatic rings. The third-order valence-electron chi connectivity index (χ3n) is 3.46. The molecule has 0 saturated carbocycles. The number of thiol groups is 1. The molecular formula is C19H36S2. The van der Waals surface area contributed by atoms with Crippen LogP contribution in [-0.2, 0) is 0 Å². The summed E-state index contributed by atoms with van der Waals surface area (Å²) in [6.45, 7) is 4.45. The molecule has 0 spiro atoms. The van der Waals surface area contributed by atoms with Crippen molar-refractivity contribution in [3.63, 3.8) is 0 Å². The molecule has 0 fully saturated rings. The van der Waals surface area contributed by atoms with Gasteiger partial charge in [-0.3, -0.25) is 0 Å². The minimum atomic E-state index is 0.486. The van der Waals surface area contributed by atoms with Crippen molar-refractivity contribution in [2.24, 2.45) is 0 Å². The molecule has 0 aromatic rings. The molecule has 124 valence electrons. The Morgan fingerprint density at radius 2 is 1.48 bits per heavy atom. The number of hydrogen-bond acceptors (Lipinski definition) is 2. The highest BCUT2D eigenvalue weighted by molar-refractivity contribution is 8.10. The lowest BCUT2D eigenvalue weighted by Crippen LogP contribution is -1.92. The van der Waals surface area contributed by atoms with Gasteiger partial charge in [-0.1, -0.05) is 63.8 Å². The van der Waals surface area contributed by atoms with E-state index in [1.165, 1.54) is 70.0 Å². The van der Waals surface area contributed by atoms with Crippen molar-refractivity contribution < 1.29 is 0 Å². The summed E-state index contributed by atoms with van der Waals surface area (Å²) in [7, 11) is 0. The number of unbranched alkanes of at least 4 members (excludes halogenated alkanes) is 7. The second-order valence-electron chi connectivity index (χ2n) is 5.61. The first-order valence-electron chi connectivity index (χ1n) is 8.90. The molecule has 0 radical (unpaired) electrons. The average Bonchev–Trinajstić information content (AvgIpc) is 2.49. The van der Waals surface area contributed by atoms with Gasteiger partial charge in [0.1, 0.15) is 0 Å². The lowest BCUT2D eigenvalue weighted by Gasteiger charge is -2.07. The molecular weight excluding hydrogens is 292 g/mol. The maximum absolute atomic E-state index is 4.66. The van der Waals surface area contributed by atoms with E-state index in [4.69, 9.17) is 0 Å². The van der Waals surface area contributed by atoms with Gasteiger partial charge in [0, 0.05) is 0 Å². The molecule has 2 heteroatoms. The molecule has 0 nitrogen and oxygen atoms in total. The summed E-state index contributed by atoms with van der Waals surface area (Å²) >= 11 is 6.67. The Balaban J connectivity index is 3.26. The number of rotatable bonds is 15. The van der Waals surface area contributed by atoms with E-state index >= 15 is 0 Å². The Kier molecular flexibility index (Phi) is 18.4. The van der Waals surface area contributed by atoms with Gasteiger partial charge < -0.3 is 0 Å². The van der Waals surface area contributed by atoms with E-state index in [0.29, 0.717) is 4.58 Å². The summed E-state index contributed by atoms with van der Waals surface area (Å²) in [6.07, 6.45) is 23.5. The van der Waals surface area contributed by atoms with Gasteiger partial charge in [0.15, 0.2) is 0 Å². The van der Waals surface area contributed by atoms with Gasteiger partial charge in [0.25, 0.3) is 0 Å². The minimum absolute atomic E-state index is 0.486. The van der Waals surface area contributed by atoms with Gasteiger partial charge in [-0.15, -0.1) is 11.8 Å². The highest BCUT2D eigenvalue weighted by Crippen LogP contribution is 2.21. The van der Waals surface area contributed by atoms with Crippen molar-refractivity contribution >= 4 is 24.4 Å². The molecule has 0 aromatic carbocycles. The highest BCUT2D eigenvalue weighted by atomic mass is 32.2.